The number of barbiturate groups is 2. The average molecular weight is 534 g/mol. The van der Waals surface area contributed by atoms with Gasteiger partial charge in [0.15, 0.2) is 0 Å². The number of hydrogen-bond donors (Lipinski definition) is 4. The number of ether oxygens (including phenoxy) is 3. The standard InChI is InChI=1S/C26H22N4O9/c31-21-17(22(32)28-25(35)27-21)13-15-5-1-3-7-19(15)38-11-9-37-10-12-39-20-8-4-2-6-16(20)14-18-23(33)29-26(36)30-24(18)34/h1-8,13-14H,9-12H2,(H2,27,28,31,32,35)(H2,29,30,33,34,36). The van der Waals surface area contributed by atoms with Crippen LogP contribution in [-0.2, 0) is 23.9 Å². The Hall–Kier alpha value is -5.30. The zero-order valence-electron chi connectivity index (χ0n) is 20.3. The molecule has 0 spiro atoms. The molecule has 2 saturated heterocycles. The number of imide groups is 4. The van der Waals surface area contributed by atoms with Crippen LogP contribution < -0.4 is 30.7 Å². The van der Waals surface area contributed by atoms with Crippen LogP contribution in [0.2, 0.25) is 0 Å². The van der Waals surface area contributed by atoms with E-state index < -0.39 is 35.7 Å². The molecule has 2 fully saturated rings. The zero-order valence-corrected chi connectivity index (χ0v) is 20.3. The van der Waals surface area contributed by atoms with Crippen molar-refractivity contribution in [1.29, 1.82) is 0 Å². The first kappa shape index (κ1) is 26.8. The molecule has 4 rings (SSSR count). The van der Waals surface area contributed by atoms with Gasteiger partial charge in [-0.15, -0.1) is 0 Å². The first-order chi connectivity index (χ1) is 18.8. The van der Waals surface area contributed by atoms with Gasteiger partial charge in [0, 0.05) is 11.1 Å². The number of carbonyl (C=O) groups is 6. The minimum Gasteiger partial charge on any atom is -0.491 e. The molecule has 39 heavy (non-hydrogen) atoms. The lowest BCUT2D eigenvalue weighted by molar-refractivity contribution is -0.125. The second-order valence-corrected chi connectivity index (χ2v) is 7.98. The number of para-hydroxylation sites is 2. The van der Waals surface area contributed by atoms with Crippen LogP contribution in [0.1, 0.15) is 11.1 Å². The van der Waals surface area contributed by atoms with Gasteiger partial charge >= 0.3 is 12.1 Å². The number of rotatable bonds is 10. The summed E-state index contributed by atoms with van der Waals surface area (Å²) in [5.74, 6) is -2.41. The maximum atomic E-state index is 12.0. The molecule has 13 heteroatoms. The summed E-state index contributed by atoms with van der Waals surface area (Å²) in [6.07, 6.45) is 2.65. The predicted molar refractivity (Wildman–Crippen MR) is 134 cm³/mol. The Balaban J connectivity index is 1.26. The van der Waals surface area contributed by atoms with Gasteiger partial charge in [0.05, 0.1) is 13.2 Å². The highest BCUT2D eigenvalue weighted by Crippen LogP contribution is 2.23. The van der Waals surface area contributed by atoms with Gasteiger partial charge in [-0.1, -0.05) is 36.4 Å². The molecule has 200 valence electrons. The molecule has 0 atom stereocenters. The van der Waals surface area contributed by atoms with E-state index in [9.17, 15) is 28.8 Å². The summed E-state index contributed by atoms with van der Waals surface area (Å²) in [5.41, 5.74) is 0.471. The maximum absolute atomic E-state index is 12.0. The van der Waals surface area contributed by atoms with Crippen molar-refractivity contribution in [3.8, 4) is 11.5 Å². The van der Waals surface area contributed by atoms with E-state index >= 15 is 0 Å². The van der Waals surface area contributed by atoms with E-state index in [0.717, 1.165) is 0 Å². The number of urea groups is 2. The quantitative estimate of drug-likeness (QED) is 0.194. The summed E-state index contributed by atoms with van der Waals surface area (Å²) in [4.78, 5) is 70.3. The minimum atomic E-state index is -0.880. The third-order valence-electron chi connectivity index (χ3n) is 5.29. The van der Waals surface area contributed by atoms with E-state index in [1.165, 1.54) is 12.2 Å². The second kappa shape index (κ2) is 12.3. The molecular formula is C26H22N4O9. The fraction of sp³-hybridized carbons (Fsp3) is 0.154. The fourth-order valence-electron chi connectivity index (χ4n) is 3.51. The number of nitrogens with one attached hydrogen (secondary N) is 4. The molecule has 2 aromatic rings. The van der Waals surface area contributed by atoms with Crippen LogP contribution in [0.15, 0.2) is 59.7 Å². The fourth-order valence-corrected chi connectivity index (χ4v) is 3.51. The Morgan fingerprint density at radius 1 is 0.513 bits per heavy atom. The molecule has 2 heterocycles. The van der Waals surface area contributed by atoms with Gasteiger partial charge in [-0.25, -0.2) is 9.59 Å². The Bertz CT molecular complexity index is 1260. The summed E-state index contributed by atoms with van der Waals surface area (Å²) < 4.78 is 17.0. The highest BCUT2D eigenvalue weighted by Gasteiger charge is 2.29. The van der Waals surface area contributed by atoms with Gasteiger partial charge in [-0.2, -0.15) is 0 Å². The molecule has 0 radical (unpaired) electrons. The molecule has 0 saturated carbocycles. The Morgan fingerprint density at radius 3 is 1.26 bits per heavy atom. The highest BCUT2D eigenvalue weighted by molar-refractivity contribution is 6.31. The summed E-state index contributed by atoms with van der Waals surface area (Å²) in [6, 6.07) is 11.7. The first-order valence-electron chi connectivity index (χ1n) is 11.6. The van der Waals surface area contributed by atoms with Crippen LogP contribution in [0.4, 0.5) is 9.59 Å². The number of carbonyl (C=O) groups excluding carboxylic acids is 6. The van der Waals surface area contributed by atoms with Crippen molar-refractivity contribution in [2.75, 3.05) is 26.4 Å². The number of benzene rings is 2. The van der Waals surface area contributed by atoms with Crippen molar-refractivity contribution in [2.24, 2.45) is 0 Å². The van der Waals surface area contributed by atoms with Crippen LogP contribution in [0.5, 0.6) is 11.5 Å². The highest BCUT2D eigenvalue weighted by atomic mass is 16.5. The lowest BCUT2D eigenvalue weighted by atomic mass is 10.1. The molecule has 0 unspecified atom stereocenters. The lowest BCUT2D eigenvalue weighted by Gasteiger charge is -2.15. The zero-order chi connectivity index (χ0) is 27.8. The SMILES string of the molecule is O=C1NC(=O)C(=Cc2ccccc2OCCOCCOc2ccccc2C=C2C(=O)NC(=O)NC2=O)C(=O)N1. The number of amides is 8. The number of hydrogen-bond acceptors (Lipinski definition) is 9. The van der Waals surface area contributed by atoms with Gasteiger partial charge in [0.25, 0.3) is 23.6 Å². The molecule has 2 aliphatic rings. The first-order valence-corrected chi connectivity index (χ1v) is 11.6. The molecular weight excluding hydrogens is 512 g/mol. The van der Waals surface area contributed by atoms with Crippen LogP contribution in [-0.4, -0.2) is 62.1 Å². The summed E-state index contributed by atoms with van der Waals surface area (Å²) in [5, 5.41) is 8.04. The van der Waals surface area contributed by atoms with E-state index in [1.807, 2.05) is 21.3 Å². The van der Waals surface area contributed by atoms with Crippen molar-refractivity contribution < 1.29 is 43.0 Å². The smallest absolute Gasteiger partial charge is 0.328 e. The van der Waals surface area contributed by atoms with Crippen LogP contribution in [0, 0.1) is 0 Å². The second-order valence-electron chi connectivity index (χ2n) is 7.98. The lowest BCUT2D eigenvalue weighted by Crippen LogP contribution is -2.51. The topological polar surface area (TPSA) is 178 Å². The van der Waals surface area contributed by atoms with E-state index in [1.54, 1.807) is 48.5 Å². The summed E-state index contributed by atoms with van der Waals surface area (Å²) >= 11 is 0. The largest absolute Gasteiger partial charge is 0.491 e. The minimum absolute atomic E-state index is 0.155. The summed E-state index contributed by atoms with van der Waals surface area (Å²) in [7, 11) is 0. The molecule has 2 aromatic carbocycles. The van der Waals surface area contributed by atoms with Crippen LogP contribution >= 0.6 is 0 Å². The average Bonchev–Trinajstić information content (AvgIpc) is 2.89. The van der Waals surface area contributed by atoms with Crippen molar-refractivity contribution >= 4 is 47.8 Å². The Kier molecular flexibility index (Phi) is 8.43. The molecule has 8 amide bonds. The van der Waals surface area contributed by atoms with E-state index in [0.29, 0.717) is 22.6 Å². The van der Waals surface area contributed by atoms with Gasteiger partial charge in [-0.05, 0) is 24.3 Å². The predicted octanol–water partition coefficient (Wildman–Crippen LogP) is 0.660. The molecule has 13 nitrogen and oxygen atoms in total. The van der Waals surface area contributed by atoms with Gasteiger partial charge in [0.2, 0.25) is 0 Å². The van der Waals surface area contributed by atoms with Crippen molar-refractivity contribution in [3.05, 3.63) is 70.8 Å². The van der Waals surface area contributed by atoms with E-state index in [2.05, 4.69) is 0 Å². The van der Waals surface area contributed by atoms with Gasteiger partial charge in [-0.3, -0.25) is 40.4 Å². The van der Waals surface area contributed by atoms with E-state index in [4.69, 9.17) is 14.2 Å². The van der Waals surface area contributed by atoms with Crippen LogP contribution in [0.25, 0.3) is 12.2 Å². The Morgan fingerprint density at radius 2 is 0.872 bits per heavy atom. The van der Waals surface area contributed by atoms with Crippen LogP contribution in [0.3, 0.4) is 0 Å². The molecule has 0 aliphatic carbocycles. The van der Waals surface area contributed by atoms with Gasteiger partial charge in [0.1, 0.15) is 35.9 Å². The van der Waals surface area contributed by atoms with Crippen molar-refractivity contribution in [2.45, 2.75) is 0 Å². The van der Waals surface area contributed by atoms with E-state index in [-0.39, 0.29) is 37.6 Å². The summed E-state index contributed by atoms with van der Waals surface area (Å²) in [6.45, 7) is 0.707. The third-order valence-corrected chi connectivity index (χ3v) is 5.29. The molecule has 0 aromatic heterocycles. The normalized spacial score (nSPS) is 15.2. The monoisotopic (exact) mass is 534 g/mol. The van der Waals surface area contributed by atoms with Gasteiger partial charge < -0.3 is 14.2 Å². The van der Waals surface area contributed by atoms with Crippen molar-refractivity contribution in [1.82, 2.24) is 21.3 Å². The Labute approximate surface area is 221 Å². The third kappa shape index (κ3) is 6.93. The maximum Gasteiger partial charge on any atom is 0.328 e. The molecule has 2 aliphatic heterocycles. The molecule has 0 bridgehead atoms. The molecule has 4 N–H and O–H groups in total. The van der Waals surface area contributed by atoms with Crippen molar-refractivity contribution in [3.63, 3.8) is 0 Å².